The van der Waals surface area contributed by atoms with Gasteiger partial charge < -0.3 is 9.80 Å². The summed E-state index contributed by atoms with van der Waals surface area (Å²) in [6.45, 7) is 9.11. The Hall–Kier alpha value is -0.650. The second-order valence-corrected chi connectivity index (χ2v) is 6.18. The van der Waals surface area contributed by atoms with Crippen molar-refractivity contribution in [3.8, 4) is 0 Å². The van der Waals surface area contributed by atoms with Crippen LogP contribution in [0.1, 0.15) is 20.3 Å². The fourth-order valence-electron chi connectivity index (χ4n) is 2.96. The van der Waals surface area contributed by atoms with E-state index < -0.39 is 0 Å². The van der Waals surface area contributed by atoms with Crippen LogP contribution in [-0.2, 0) is 4.79 Å². The van der Waals surface area contributed by atoms with Crippen LogP contribution in [0.15, 0.2) is 0 Å². The van der Waals surface area contributed by atoms with Crippen LogP contribution in [0.2, 0.25) is 0 Å². The van der Waals surface area contributed by atoms with E-state index in [4.69, 9.17) is 0 Å². The lowest BCUT2D eigenvalue weighted by Crippen LogP contribution is -2.54. The molecule has 2 rings (SSSR count). The van der Waals surface area contributed by atoms with Crippen LogP contribution in [0.5, 0.6) is 0 Å². The van der Waals surface area contributed by atoms with E-state index in [2.05, 4.69) is 43.1 Å². The van der Waals surface area contributed by atoms with Gasteiger partial charge in [-0.2, -0.15) is 0 Å². The first kappa shape index (κ1) is 14.8. The molecule has 2 aliphatic rings. The zero-order chi connectivity index (χ0) is 14.0. The average molecular weight is 268 g/mol. The summed E-state index contributed by atoms with van der Waals surface area (Å²) in [5.74, 6) is 0.709. The van der Waals surface area contributed by atoms with Gasteiger partial charge in [-0.3, -0.25) is 15.0 Å². The number of likely N-dealkylation sites (N-methyl/N-ethyl adjacent to an activating group) is 2. The van der Waals surface area contributed by atoms with Gasteiger partial charge in [0, 0.05) is 32.2 Å². The van der Waals surface area contributed by atoms with Crippen LogP contribution < -0.4 is 5.32 Å². The van der Waals surface area contributed by atoms with Gasteiger partial charge in [0.25, 0.3) is 0 Å². The second-order valence-electron chi connectivity index (χ2n) is 6.18. The zero-order valence-corrected chi connectivity index (χ0v) is 12.7. The molecule has 3 unspecified atom stereocenters. The molecule has 0 aromatic carbocycles. The van der Waals surface area contributed by atoms with Crippen molar-refractivity contribution >= 4 is 5.91 Å². The number of hydrogen-bond acceptors (Lipinski definition) is 4. The number of hydrogen-bond donors (Lipinski definition) is 1. The summed E-state index contributed by atoms with van der Waals surface area (Å²) in [6, 6.07) is 0.483. The van der Waals surface area contributed by atoms with Crippen molar-refractivity contribution in [1.82, 2.24) is 20.0 Å². The Balaban J connectivity index is 1.91. The van der Waals surface area contributed by atoms with E-state index in [9.17, 15) is 4.79 Å². The van der Waals surface area contributed by atoms with E-state index in [0.717, 1.165) is 32.6 Å². The number of carbonyl (C=O) groups is 1. The van der Waals surface area contributed by atoms with Gasteiger partial charge >= 0.3 is 0 Å². The SMILES string of the molecule is CCC(C)C1NCN(CC2CN(C)CCN2C)C1=O. The average Bonchev–Trinajstić information content (AvgIpc) is 2.75. The van der Waals surface area contributed by atoms with Crippen LogP contribution in [0.4, 0.5) is 0 Å². The third kappa shape index (κ3) is 3.27. The number of amides is 1. The lowest BCUT2D eigenvalue weighted by Gasteiger charge is -2.39. The maximum Gasteiger partial charge on any atom is 0.241 e. The number of piperazine rings is 1. The summed E-state index contributed by atoms with van der Waals surface area (Å²) in [5.41, 5.74) is 0. The van der Waals surface area contributed by atoms with E-state index in [1.165, 1.54) is 0 Å². The highest BCUT2D eigenvalue weighted by molar-refractivity contribution is 5.84. The molecule has 5 nitrogen and oxygen atoms in total. The molecule has 3 atom stereocenters. The molecule has 2 fully saturated rings. The summed E-state index contributed by atoms with van der Waals surface area (Å²) in [4.78, 5) is 19.1. The van der Waals surface area contributed by atoms with Crippen LogP contribution in [0.25, 0.3) is 0 Å². The van der Waals surface area contributed by atoms with Crippen LogP contribution >= 0.6 is 0 Å². The predicted octanol–water partition coefficient (Wildman–Crippen LogP) is 0.0362. The third-order valence-electron chi connectivity index (χ3n) is 4.70. The fraction of sp³-hybridized carbons (Fsp3) is 0.929. The van der Waals surface area contributed by atoms with E-state index in [1.54, 1.807) is 0 Å². The van der Waals surface area contributed by atoms with Crippen molar-refractivity contribution in [2.24, 2.45) is 5.92 Å². The third-order valence-corrected chi connectivity index (χ3v) is 4.70. The smallest absolute Gasteiger partial charge is 0.241 e. The van der Waals surface area contributed by atoms with Crippen LogP contribution in [0, 0.1) is 5.92 Å². The quantitative estimate of drug-likeness (QED) is 0.781. The Morgan fingerprint density at radius 1 is 1.37 bits per heavy atom. The Labute approximate surface area is 116 Å². The van der Waals surface area contributed by atoms with E-state index in [0.29, 0.717) is 18.6 Å². The standard InChI is InChI=1S/C14H28N4O/c1-5-11(2)13-14(19)18(10-15-13)9-12-8-16(3)6-7-17(12)4/h11-13,15H,5-10H2,1-4H3. The van der Waals surface area contributed by atoms with E-state index in [1.807, 2.05) is 4.90 Å². The van der Waals surface area contributed by atoms with Gasteiger partial charge in [-0.25, -0.2) is 0 Å². The maximum absolute atomic E-state index is 12.4. The summed E-state index contributed by atoms with van der Waals surface area (Å²) < 4.78 is 0. The molecule has 0 saturated carbocycles. The highest BCUT2D eigenvalue weighted by Gasteiger charge is 2.36. The highest BCUT2D eigenvalue weighted by atomic mass is 16.2. The predicted molar refractivity (Wildman–Crippen MR) is 76.9 cm³/mol. The monoisotopic (exact) mass is 268 g/mol. The molecule has 2 saturated heterocycles. The number of rotatable bonds is 4. The molecule has 19 heavy (non-hydrogen) atoms. The van der Waals surface area contributed by atoms with Crippen molar-refractivity contribution < 1.29 is 4.79 Å². The minimum absolute atomic E-state index is 0.0247. The number of nitrogens with one attached hydrogen (secondary N) is 1. The van der Waals surface area contributed by atoms with Crippen molar-refractivity contribution in [2.75, 3.05) is 46.9 Å². The summed E-state index contributed by atoms with van der Waals surface area (Å²) in [7, 11) is 4.32. The second kappa shape index (κ2) is 6.20. The van der Waals surface area contributed by atoms with Crippen molar-refractivity contribution in [3.05, 3.63) is 0 Å². The molecular weight excluding hydrogens is 240 g/mol. The number of nitrogens with zero attached hydrogens (tertiary/aromatic N) is 3. The van der Waals surface area contributed by atoms with Crippen LogP contribution in [0.3, 0.4) is 0 Å². The Bertz CT molecular complexity index is 323. The molecule has 110 valence electrons. The molecule has 1 amide bonds. The van der Waals surface area contributed by atoms with Crippen molar-refractivity contribution in [2.45, 2.75) is 32.4 Å². The summed E-state index contributed by atoms with van der Waals surface area (Å²) in [6.07, 6.45) is 1.04. The van der Waals surface area contributed by atoms with Crippen molar-refractivity contribution in [1.29, 1.82) is 0 Å². The fourth-order valence-corrected chi connectivity index (χ4v) is 2.96. The Morgan fingerprint density at radius 2 is 2.11 bits per heavy atom. The van der Waals surface area contributed by atoms with Gasteiger partial charge in [0.15, 0.2) is 0 Å². The molecule has 0 aromatic rings. The van der Waals surface area contributed by atoms with Gasteiger partial charge in [0.05, 0.1) is 12.7 Å². The first-order valence-electron chi connectivity index (χ1n) is 7.43. The Kier molecular flexibility index (Phi) is 4.81. The minimum atomic E-state index is 0.0247. The van der Waals surface area contributed by atoms with Crippen molar-refractivity contribution in [3.63, 3.8) is 0 Å². The molecule has 5 heteroatoms. The van der Waals surface area contributed by atoms with Gasteiger partial charge in [0.1, 0.15) is 0 Å². The Morgan fingerprint density at radius 3 is 2.79 bits per heavy atom. The largest absolute Gasteiger partial charge is 0.327 e. The van der Waals surface area contributed by atoms with Gasteiger partial charge in [-0.15, -0.1) is 0 Å². The van der Waals surface area contributed by atoms with Crippen LogP contribution in [-0.4, -0.2) is 79.6 Å². The molecule has 0 radical (unpaired) electrons. The molecule has 0 aromatic heterocycles. The molecule has 2 heterocycles. The molecule has 1 N–H and O–H groups in total. The first-order chi connectivity index (χ1) is 9.02. The summed E-state index contributed by atoms with van der Waals surface area (Å²) >= 11 is 0. The maximum atomic E-state index is 12.4. The minimum Gasteiger partial charge on any atom is -0.327 e. The van der Waals surface area contributed by atoms with E-state index >= 15 is 0 Å². The first-order valence-corrected chi connectivity index (χ1v) is 7.43. The summed E-state index contributed by atoms with van der Waals surface area (Å²) in [5, 5.41) is 3.37. The zero-order valence-electron chi connectivity index (χ0n) is 12.7. The van der Waals surface area contributed by atoms with E-state index in [-0.39, 0.29) is 11.9 Å². The molecular formula is C14H28N4O. The van der Waals surface area contributed by atoms with Gasteiger partial charge in [0.2, 0.25) is 5.91 Å². The molecule has 0 spiro atoms. The van der Waals surface area contributed by atoms with Gasteiger partial charge in [-0.1, -0.05) is 20.3 Å². The molecule has 0 bridgehead atoms. The topological polar surface area (TPSA) is 38.8 Å². The molecule has 2 aliphatic heterocycles. The lowest BCUT2D eigenvalue weighted by atomic mass is 9.99. The number of carbonyl (C=O) groups excluding carboxylic acids is 1. The normalized spacial score (nSPS) is 32.0. The molecule has 0 aliphatic carbocycles. The highest BCUT2D eigenvalue weighted by Crippen LogP contribution is 2.17. The lowest BCUT2D eigenvalue weighted by molar-refractivity contribution is -0.130. The van der Waals surface area contributed by atoms with Gasteiger partial charge in [-0.05, 0) is 20.0 Å².